The van der Waals surface area contributed by atoms with Crippen LogP contribution in [0.2, 0.25) is 0 Å². The molecule has 1 aromatic carbocycles. The molecule has 0 unspecified atom stereocenters. The van der Waals surface area contributed by atoms with Crippen molar-refractivity contribution >= 4 is 29.3 Å². The van der Waals surface area contributed by atoms with Crippen LogP contribution >= 0.6 is 0 Å². The first-order chi connectivity index (χ1) is 12.9. The van der Waals surface area contributed by atoms with E-state index < -0.39 is 6.03 Å². The molecule has 0 aliphatic carbocycles. The van der Waals surface area contributed by atoms with Crippen molar-refractivity contribution in [2.75, 3.05) is 23.8 Å². The number of carbonyl (C=O) groups is 3. The van der Waals surface area contributed by atoms with E-state index in [-0.39, 0.29) is 24.5 Å². The van der Waals surface area contributed by atoms with Gasteiger partial charge in [-0.25, -0.2) is 19.5 Å². The molecule has 9 heteroatoms. The number of nitrogens with one attached hydrogen (secondary N) is 3. The molecule has 2 aromatic rings. The summed E-state index contributed by atoms with van der Waals surface area (Å²) in [5.74, 6) is 0.388. The van der Waals surface area contributed by atoms with E-state index in [4.69, 9.17) is 0 Å². The highest BCUT2D eigenvalue weighted by Crippen LogP contribution is 2.24. The maximum atomic E-state index is 12.4. The Bertz CT molecular complexity index is 877. The van der Waals surface area contributed by atoms with Gasteiger partial charge in [-0.05, 0) is 31.5 Å². The number of rotatable bonds is 5. The molecule has 0 bridgehead atoms. The van der Waals surface area contributed by atoms with Crippen molar-refractivity contribution in [2.45, 2.75) is 26.3 Å². The molecular formula is C18H22N6O3. The smallest absolute Gasteiger partial charge is 0.331 e. The van der Waals surface area contributed by atoms with Gasteiger partial charge in [0.05, 0.1) is 11.7 Å². The maximum absolute atomic E-state index is 12.4. The third kappa shape index (κ3) is 3.91. The fourth-order valence-corrected chi connectivity index (χ4v) is 2.90. The molecule has 142 valence electrons. The van der Waals surface area contributed by atoms with Crippen molar-refractivity contribution in [3.63, 3.8) is 0 Å². The number of urea groups is 2. The van der Waals surface area contributed by atoms with E-state index in [0.717, 1.165) is 10.6 Å². The summed E-state index contributed by atoms with van der Waals surface area (Å²) >= 11 is 0. The topological polar surface area (TPSA) is 110 Å². The van der Waals surface area contributed by atoms with Gasteiger partial charge in [0.15, 0.2) is 0 Å². The van der Waals surface area contributed by atoms with Gasteiger partial charge in [0.2, 0.25) is 0 Å². The Morgan fingerprint density at radius 3 is 2.74 bits per heavy atom. The first kappa shape index (κ1) is 18.4. The first-order valence-corrected chi connectivity index (χ1v) is 8.66. The van der Waals surface area contributed by atoms with Crippen LogP contribution in [0.3, 0.4) is 0 Å². The van der Waals surface area contributed by atoms with Crippen LogP contribution in [-0.2, 0) is 4.79 Å². The van der Waals surface area contributed by atoms with Crippen LogP contribution in [0.5, 0.6) is 0 Å². The normalized spacial score (nSPS) is 15.2. The van der Waals surface area contributed by atoms with E-state index in [9.17, 15) is 14.4 Å². The summed E-state index contributed by atoms with van der Waals surface area (Å²) in [5, 5.41) is 5.59. The Labute approximate surface area is 156 Å². The molecule has 9 nitrogen and oxygen atoms in total. The lowest BCUT2D eigenvalue weighted by Gasteiger charge is -2.17. The van der Waals surface area contributed by atoms with Gasteiger partial charge in [-0.15, -0.1) is 0 Å². The van der Waals surface area contributed by atoms with Crippen molar-refractivity contribution in [1.29, 1.82) is 0 Å². The number of benzene rings is 1. The highest BCUT2D eigenvalue weighted by Gasteiger charge is 2.34. The number of hydrogen-bond donors (Lipinski definition) is 3. The predicted octanol–water partition coefficient (Wildman–Crippen LogP) is 2.39. The molecule has 0 radical (unpaired) electrons. The highest BCUT2D eigenvalue weighted by atomic mass is 16.2. The van der Waals surface area contributed by atoms with E-state index in [1.165, 1.54) is 4.90 Å². The Hall–Kier alpha value is -3.36. The molecule has 1 aliphatic heterocycles. The summed E-state index contributed by atoms with van der Waals surface area (Å²) in [4.78, 5) is 46.3. The zero-order chi connectivity index (χ0) is 19.6. The minimum Gasteiger partial charge on any atom is -0.344 e. The lowest BCUT2D eigenvalue weighted by atomic mass is 10.2. The summed E-state index contributed by atoms with van der Waals surface area (Å²) < 4.78 is 0. The summed E-state index contributed by atoms with van der Waals surface area (Å²) in [6.07, 6.45) is 2.38. The van der Waals surface area contributed by atoms with Gasteiger partial charge in [0.25, 0.3) is 5.91 Å². The molecule has 3 rings (SSSR count). The van der Waals surface area contributed by atoms with Crippen LogP contribution in [0, 0.1) is 6.92 Å². The molecule has 3 N–H and O–H groups in total. The van der Waals surface area contributed by atoms with E-state index in [1.54, 1.807) is 37.5 Å². The Balaban J connectivity index is 1.70. The van der Waals surface area contributed by atoms with Gasteiger partial charge in [0.1, 0.15) is 12.4 Å². The number of hydrogen-bond acceptors (Lipinski definition) is 4. The fraction of sp³-hybridized carbons (Fsp3) is 0.333. The quantitative estimate of drug-likeness (QED) is 0.702. The molecule has 1 aromatic heterocycles. The van der Waals surface area contributed by atoms with Crippen LogP contribution < -0.4 is 15.5 Å². The van der Waals surface area contributed by atoms with Crippen molar-refractivity contribution < 1.29 is 14.4 Å². The number of likely N-dealkylation sites (N-methyl/N-ethyl adjacent to an activating group) is 1. The van der Waals surface area contributed by atoms with Crippen LogP contribution in [0.4, 0.5) is 21.0 Å². The summed E-state index contributed by atoms with van der Waals surface area (Å²) in [7, 11) is 1.57. The highest BCUT2D eigenvalue weighted by molar-refractivity contribution is 6.19. The second-order valence-electron chi connectivity index (χ2n) is 6.43. The van der Waals surface area contributed by atoms with E-state index in [0.29, 0.717) is 23.6 Å². The largest absolute Gasteiger partial charge is 0.344 e. The van der Waals surface area contributed by atoms with E-state index in [2.05, 4.69) is 20.6 Å². The number of amides is 5. The number of aryl methyl sites for hydroxylation is 1. The molecule has 2 heterocycles. The molecular weight excluding hydrogens is 348 g/mol. The number of anilines is 2. The molecule has 5 amide bonds. The second kappa shape index (κ2) is 7.48. The molecule has 1 saturated heterocycles. The van der Waals surface area contributed by atoms with Crippen LogP contribution in [-0.4, -0.2) is 46.4 Å². The molecule has 0 saturated carbocycles. The number of imidazole rings is 1. The Morgan fingerprint density at radius 1 is 1.37 bits per heavy atom. The predicted molar refractivity (Wildman–Crippen MR) is 100 cm³/mol. The average Bonchev–Trinajstić information content (AvgIpc) is 3.16. The van der Waals surface area contributed by atoms with Crippen LogP contribution in [0.15, 0.2) is 30.5 Å². The van der Waals surface area contributed by atoms with Crippen molar-refractivity contribution in [3.8, 4) is 0 Å². The zero-order valence-electron chi connectivity index (χ0n) is 15.4. The van der Waals surface area contributed by atoms with E-state index in [1.807, 2.05) is 13.8 Å². The van der Waals surface area contributed by atoms with Gasteiger partial charge < -0.3 is 20.5 Å². The number of aromatic nitrogens is 2. The van der Waals surface area contributed by atoms with Crippen LogP contribution in [0.1, 0.15) is 30.9 Å². The first-order valence-electron chi connectivity index (χ1n) is 8.66. The van der Waals surface area contributed by atoms with Gasteiger partial charge in [0, 0.05) is 24.6 Å². The standard InChI is InChI=1S/C18H22N6O3/c1-4-14(16-19-9-11(2)20-16)22-17(26)21-12-6-5-7-13(8-12)24-15(25)10-23(3)18(24)27/h5-9,14H,4,10H2,1-3H3,(H,19,20)(H2,21,22,26)/t14-/m0/s1. The number of aromatic amines is 1. The zero-order valence-corrected chi connectivity index (χ0v) is 15.4. The number of imide groups is 1. The van der Waals surface area contributed by atoms with Crippen molar-refractivity contribution in [3.05, 3.63) is 42.0 Å². The van der Waals surface area contributed by atoms with Gasteiger partial charge >= 0.3 is 12.1 Å². The molecule has 1 aliphatic rings. The maximum Gasteiger partial charge on any atom is 0.331 e. The Kier molecular flexibility index (Phi) is 5.11. The lowest BCUT2D eigenvalue weighted by Crippen LogP contribution is -2.33. The van der Waals surface area contributed by atoms with E-state index >= 15 is 0 Å². The summed E-state index contributed by atoms with van der Waals surface area (Å²) in [6.45, 7) is 3.88. The summed E-state index contributed by atoms with van der Waals surface area (Å²) in [5.41, 5.74) is 1.81. The minimum atomic E-state index is -0.399. The van der Waals surface area contributed by atoms with Crippen molar-refractivity contribution in [1.82, 2.24) is 20.2 Å². The lowest BCUT2D eigenvalue weighted by molar-refractivity contribution is -0.116. The van der Waals surface area contributed by atoms with Crippen LogP contribution in [0.25, 0.3) is 0 Å². The monoisotopic (exact) mass is 370 g/mol. The van der Waals surface area contributed by atoms with Gasteiger partial charge in [-0.1, -0.05) is 13.0 Å². The molecule has 0 spiro atoms. The SMILES string of the molecule is CC[C@H](NC(=O)Nc1cccc(N2C(=O)CN(C)C2=O)c1)c1ncc(C)[nH]1. The average molecular weight is 370 g/mol. The molecule has 1 fully saturated rings. The van der Waals surface area contributed by atoms with Crippen molar-refractivity contribution in [2.24, 2.45) is 0 Å². The van der Waals surface area contributed by atoms with Gasteiger partial charge in [-0.3, -0.25) is 4.79 Å². The fourth-order valence-electron chi connectivity index (χ4n) is 2.90. The number of H-pyrrole nitrogens is 1. The second-order valence-corrected chi connectivity index (χ2v) is 6.43. The molecule has 27 heavy (non-hydrogen) atoms. The third-order valence-electron chi connectivity index (χ3n) is 4.27. The summed E-state index contributed by atoms with van der Waals surface area (Å²) in [6, 6.07) is 5.57. The minimum absolute atomic E-state index is 0.0394. The third-order valence-corrected chi connectivity index (χ3v) is 4.27. The Morgan fingerprint density at radius 2 is 2.15 bits per heavy atom. The number of nitrogens with zero attached hydrogens (tertiary/aromatic N) is 3. The number of carbonyl (C=O) groups excluding carboxylic acids is 3. The molecule has 1 atom stereocenters. The van der Waals surface area contributed by atoms with Gasteiger partial charge in [-0.2, -0.15) is 0 Å².